The van der Waals surface area contributed by atoms with Crippen LogP contribution in [-0.2, 0) is 17.1 Å². The SMILES string of the molecule is Cn1nccc1S(=O)(=O)N1CCSC[C@H]1c1ccccc1. The van der Waals surface area contributed by atoms with Crippen LogP contribution in [0.15, 0.2) is 47.6 Å². The zero-order valence-corrected chi connectivity index (χ0v) is 13.3. The van der Waals surface area contributed by atoms with Gasteiger partial charge in [0.05, 0.1) is 12.2 Å². The van der Waals surface area contributed by atoms with Crippen molar-refractivity contribution in [2.75, 3.05) is 18.1 Å². The summed E-state index contributed by atoms with van der Waals surface area (Å²) in [6.45, 7) is 0.526. The second-order valence-corrected chi connectivity index (χ2v) is 7.90. The normalized spacial score (nSPS) is 20.5. The van der Waals surface area contributed by atoms with E-state index in [0.29, 0.717) is 6.54 Å². The Labute approximate surface area is 129 Å². The molecule has 1 saturated heterocycles. The first kappa shape index (κ1) is 14.6. The summed E-state index contributed by atoms with van der Waals surface area (Å²) in [5, 5.41) is 4.23. The fourth-order valence-electron chi connectivity index (χ4n) is 2.55. The van der Waals surface area contributed by atoms with Gasteiger partial charge in [0.25, 0.3) is 10.0 Å². The van der Waals surface area contributed by atoms with Crippen LogP contribution in [0.2, 0.25) is 0 Å². The molecule has 1 aliphatic heterocycles. The largest absolute Gasteiger partial charge is 0.260 e. The molecule has 1 aliphatic rings. The van der Waals surface area contributed by atoms with Crippen molar-refractivity contribution in [2.24, 2.45) is 7.05 Å². The fourth-order valence-corrected chi connectivity index (χ4v) is 5.56. The van der Waals surface area contributed by atoms with Crippen LogP contribution < -0.4 is 0 Å². The molecule has 0 aliphatic carbocycles. The molecular formula is C14H17N3O2S2. The van der Waals surface area contributed by atoms with E-state index in [2.05, 4.69) is 5.10 Å². The molecule has 1 atom stereocenters. The van der Waals surface area contributed by atoms with Gasteiger partial charge in [0.1, 0.15) is 0 Å². The Morgan fingerprint density at radius 1 is 1.24 bits per heavy atom. The maximum Gasteiger partial charge on any atom is 0.260 e. The summed E-state index contributed by atoms with van der Waals surface area (Å²) in [6, 6.07) is 11.3. The molecule has 7 heteroatoms. The molecule has 0 radical (unpaired) electrons. The average Bonchev–Trinajstić information content (AvgIpc) is 2.95. The van der Waals surface area contributed by atoms with Gasteiger partial charge in [0.2, 0.25) is 0 Å². The lowest BCUT2D eigenvalue weighted by molar-refractivity contribution is 0.352. The molecule has 112 valence electrons. The molecule has 5 nitrogen and oxygen atoms in total. The van der Waals surface area contributed by atoms with Crippen LogP contribution in [-0.4, -0.2) is 40.6 Å². The Balaban J connectivity index is 2.01. The molecule has 1 aromatic heterocycles. The number of hydrogen-bond donors (Lipinski definition) is 0. The summed E-state index contributed by atoms with van der Waals surface area (Å²) >= 11 is 1.79. The van der Waals surface area contributed by atoms with Crippen molar-refractivity contribution in [1.29, 1.82) is 0 Å². The predicted octanol–water partition coefficient (Wildman–Crippen LogP) is 1.90. The number of thioether (sulfide) groups is 1. The Kier molecular flexibility index (Phi) is 4.05. The summed E-state index contributed by atoms with van der Waals surface area (Å²) in [6.07, 6.45) is 1.52. The number of nitrogens with zero attached hydrogens (tertiary/aromatic N) is 3. The van der Waals surface area contributed by atoms with Crippen molar-refractivity contribution < 1.29 is 8.42 Å². The maximum absolute atomic E-state index is 12.9. The average molecular weight is 323 g/mol. The summed E-state index contributed by atoms with van der Waals surface area (Å²) in [4.78, 5) is 0. The highest BCUT2D eigenvalue weighted by Gasteiger charge is 2.36. The second kappa shape index (κ2) is 5.82. The van der Waals surface area contributed by atoms with Crippen molar-refractivity contribution in [3.8, 4) is 0 Å². The van der Waals surface area contributed by atoms with Gasteiger partial charge in [-0.25, -0.2) is 8.42 Å². The minimum atomic E-state index is -3.53. The standard InChI is InChI=1S/C14H17N3O2S2/c1-16-14(7-8-15-16)21(18,19)17-9-10-20-11-13(17)12-5-3-2-4-6-12/h2-8,13H,9-11H2,1H3/t13-/m0/s1. The lowest BCUT2D eigenvalue weighted by Gasteiger charge is -2.34. The molecular weight excluding hydrogens is 306 g/mol. The number of sulfonamides is 1. The van der Waals surface area contributed by atoms with Crippen molar-refractivity contribution in [2.45, 2.75) is 11.1 Å². The third-order valence-electron chi connectivity index (χ3n) is 3.61. The Hall–Kier alpha value is -1.31. The number of aryl methyl sites for hydroxylation is 1. The predicted molar refractivity (Wildman–Crippen MR) is 83.6 cm³/mol. The molecule has 1 fully saturated rings. The third kappa shape index (κ3) is 2.73. The van der Waals surface area contributed by atoms with E-state index in [-0.39, 0.29) is 11.1 Å². The van der Waals surface area contributed by atoms with Crippen LogP contribution >= 0.6 is 11.8 Å². The summed E-state index contributed by atoms with van der Waals surface area (Å²) in [5.74, 6) is 1.60. The molecule has 0 bridgehead atoms. The molecule has 0 saturated carbocycles. The zero-order valence-electron chi connectivity index (χ0n) is 11.7. The second-order valence-electron chi connectivity index (χ2n) is 4.91. The van der Waals surface area contributed by atoms with Crippen LogP contribution in [0.3, 0.4) is 0 Å². The molecule has 0 amide bonds. The van der Waals surface area contributed by atoms with E-state index in [4.69, 9.17) is 0 Å². The summed E-state index contributed by atoms with van der Waals surface area (Å²) < 4.78 is 28.8. The van der Waals surface area contributed by atoms with E-state index in [1.807, 2.05) is 30.3 Å². The molecule has 0 spiro atoms. The van der Waals surface area contributed by atoms with Gasteiger partial charge < -0.3 is 0 Å². The van der Waals surface area contributed by atoms with Crippen molar-refractivity contribution in [3.05, 3.63) is 48.2 Å². The molecule has 2 heterocycles. The Morgan fingerprint density at radius 2 is 2.00 bits per heavy atom. The van der Waals surface area contributed by atoms with Crippen LogP contribution in [0, 0.1) is 0 Å². The minimum absolute atomic E-state index is 0.121. The first-order chi connectivity index (χ1) is 10.1. The number of aromatic nitrogens is 2. The number of hydrogen-bond acceptors (Lipinski definition) is 4. The molecule has 1 aromatic carbocycles. The van der Waals surface area contributed by atoms with Gasteiger partial charge in [0, 0.05) is 25.1 Å². The van der Waals surface area contributed by atoms with Crippen LogP contribution in [0.1, 0.15) is 11.6 Å². The first-order valence-electron chi connectivity index (χ1n) is 6.73. The first-order valence-corrected chi connectivity index (χ1v) is 9.33. The molecule has 21 heavy (non-hydrogen) atoms. The lowest BCUT2D eigenvalue weighted by Crippen LogP contribution is -2.41. The van der Waals surface area contributed by atoms with Gasteiger partial charge in [0.15, 0.2) is 5.03 Å². The highest BCUT2D eigenvalue weighted by Crippen LogP contribution is 2.33. The van der Waals surface area contributed by atoms with Crippen molar-refractivity contribution >= 4 is 21.8 Å². The zero-order chi connectivity index (χ0) is 14.9. The van der Waals surface area contributed by atoms with E-state index < -0.39 is 10.0 Å². The number of rotatable bonds is 3. The van der Waals surface area contributed by atoms with Gasteiger partial charge >= 0.3 is 0 Å². The quantitative estimate of drug-likeness (QED) is 0.866. The molecule has 2 aromatic rings. The van der Waals surface area contributed by atoms with Gasteiger partial charge in [-0.15, -0.1) is 0 Å². The smallest absolute Gasteiger partial charge is 0.256 e. The van der Waals surface area contributed by atoms with Crippen molar-refractivity contribution in [3.63, 3.8) is 0 Å². The van der Waals surface area contributed by atoms with Crippen LogP contribution in [0.5, 0.6) is 0 Å². The van der Waals surface area contributed by atoms with Gasteiger partial charge in [-0.2, -0.15) is 21.2 Å². The van der Waals surface area contributed by atoms with E-state index in [9.17, 15) is 8.42 Å². The summed E-state index contributed by atoms with van der Waals surface area (Å²) in [5.41, 5.74) is 1.04. The van der Waals surface area contributed by atoms with E-state index in [1.54, 1.807) is 29.2 Å². The van der Waals surface area contributed by atoms with Crippen LogP contribution in [0.25, 0.3) is 0 Å². The van der Waals surface area contributed by atoms with E-state index in [0.717, 1.165) is 17.1 Å². The Morgan fingerprint density at radius 3 is 2.67 bits per heavy atom. The lowest BCUT2D eigenvalue weighted by atomic mass is 10.1. The van der Waals surface area contributed by atoms with Crippen molar-refractivity contribution in [1.82, 2.24) is 14.1 Å². The van der Waals surface area contributed by atoms with E-state index >= 15 is 0 Å². The fraction of sp³-hybridized carbons (Fsp3) is 0.357. The van der Waals surface area contributed by atoms with E-state index in [1.165, 1.54) is 10.9 Å². The maximum atomic E-state index is 12.9. The molecule has 3 rings (SSSR count). The molecule has 0 N–H and O–H groups in total. The number of benzene rings is 1. The highest BCUT2D eigenvalue weighted by atomic mass is 32.2. The van der Waals surface area contributed by atoms with Crippen LogP contribution in [0.4, 0.5) is 0 Å². The van der Waals surface area contributed by atoms with Gasteiger partial charge in [-0.3, -0.25) is 4.68 Å². The molecule has 0 unspecified atom stereocenters. The van der Waals surface area contributed by atoms with Gasteiger partial charge in [-0.1, -0.05) is 30.3 Å². The minimum Gasteiger partial charge on any atom is -0.256 e. The van der Waals surface area contributed by atoms with Gasteiger partial charge in [-0.05, 0) is 11.6 Å². The monoisotopic (exact) mass is 323 g/mol. The Bertz CT molecular complexity index is 713. The topological polar surface area (TPSA) is 55.2 Å². The highest BCUT2D eigenvalue weighted by molar-refractivity contribution is 7.99. The third-order valence-corrected chi connectivity index (χ3v) is 6.62. The summed E-state index contributed by atoms with van der Waals surface area (Å²) in [7, 11) is -1.87.